The van der Waals surface area contributed by atoms with Crippen molar-refractivity contribution in [3.63, 3.8) is 0 Å². The Hall–Kier alpha value is -1.58. The summed E-state index contributed by atoms with van der Waals surface area (Å²) in [5.41, 5.74) is 1.99. The Balaban J connectivity index is 2.53. The molecule has 1 unspecified atom stereocenters. The van der Waals surface area contributed by atoms with Gasteiger partial charge in [-0.15, -0.1) is 0 Å². The van der Waals surface area contributed by atoms with E-state index in [0.717, 1.165) is 16.9 Å². The van der Waals surface area contributed by atoms with Gasteiger partial charge in [-0.1, -0.05) is 45.2 Å². The predicted molar refractivity (Wildman–Crippen MR) is 81.3 cm³/mol. The molecule has 3 nitrogen and oxygen atoms in total. The summed E-state index contributed by atoms with van der Waals surface area (Å²) in [6, 6.07) is 6.05. The molecule has 2 N–H and O–H groups in total. The lowest BCUT2D eigenvalue weighted by molar-refractivity contribution is 0.104. The molecule has 0 spiro atoms. The molecule has 0 heterocycles. The van der Waals surface area contributed by atoms with E-state index in [0.29, 0.717) is 12.6 Å². The summed E-state index contributed by atoms with van der Waals surface area (Å²) < 4.78 is 5.57. The standard InChI is InChI=1S/C16H23NO2/c1-5-13-7-8-16(9-14(13)6-2)19-11-15(18)10-17-12(3)4/h5-9,12,15,17-18H,1-2,10-11H2,3-4H3. The van der Waals surface area contributed by atoms with Crippen LogP contribution in [0.2, 0.25) is 0 Å². The molecule has 0 bridgehead atoms. The van der Waals surface area contributed by atoms with Gasteiger partial charge < -0.3 is 15.2 Å². The number of aliphatic hydroxyl groups is 1. The zero-order valence-corrected chi connectivity index (χ0v) is 11.7. The van der Waals surface area contributed by atoms with Crippen LogP contribution in [0.25, 0.3) is 12.2 Å². The number of rotatable bonds is 8. The normalized spacial score (nSPS) is 12.2. The largest absolute Gasteiger partial charge is 0.491 e. The number of ether oxygens (including phenoxy) is 1. The van der Waals surface area contributed by atoms with Gasteiger partial charge in [0.15, 0.2) is 0 Å². The summed E-state index contributed by atoms with van der Waals surface area (Å²) in [5.74, 6) is 0.726. The lowest BCUT2D eigenvalue weighted by atomic mass is 10.1. The van der Waals surface area contributed by atoms with Crippen molar-refractivity contribution in [2.45, 2.75) is 26.0 Å². The van der Waals surface area contributed by atoms with Crippen molar-refractivity contribution in [3.8, 4) is 5.75 Å². The van der Waals surface area contributed by atoms with Gasteiger partial charge >= 0.3 is 0 Å². The van der Waals surface area contributed by atoms with Crippen LogP contribution in [0, 0.1) is 0 Å². The lowest BCUT2D eigenvalue weighted by Crippen LogP contribution is -2.35. The number of aliphatic hydroxyl groups excluding tert-OH is 1. The third kappa shape index (κ3) is 5.28. The summed E-state index contributed by atoms with van der Waals surface area (Å²) in [7, 11) is 0. The lowest BCUT2D eigenvalue weighted by Gasteiger charge is -2.15. The summed E-state index contributed by atoms with van der Waals surface area (Å²) in [6.07, 6.45) is 3.02. The Morgan fingerprint density at radius 1 is 1.26 bits per heavy atom. The van der Waals surface area contributed by atoms with Gasteiger partial charge in [0.2, 0.25) is 0 Å². The molecule has 1 atom stereocenters. The molecule has 0 aliphatic carbocycles. The summed E-state index contributed by atoms with van der Waals surface area (Å²) in [6.45, 7) is 12.4. The minimum atomic E-state index is -0.520. The highest BCUT2D eigenvalue weighted by Crippen LogP contribution is 2.20. The second-order valence-corrected chi connectivity index (χ2v) is 4.73. The van der Waals surface area contributed by atoms with Crippen LogP contribution in [-0.4, -0.2) is 30.4 Å². The number of benzene rings is 1. The van der Waals surface area contributed by atoms with Crippen molar-refractivity contribution in [2.24, 2.45) is 0 Å². The van der Waals surface area contributed by atoms with E-state index in [1.165, 1.54) is 0 Å². The van der Waals surface area contributed by atoms with Crippen molar-refractivity contribution in [2.75, 3.05) is 13.2 Å². The van der Waals surface area contributed by atoms with Crippen molar-refractivity contribution >= 4 is 12.2 Å². The Labute approximate surface area is 115 Å². The minimum Gasteiger partial charge on any atom is -0.491 e. The zero-order chi connectivity index (χ0) is 14.3. The van der Waals surface area contributed by atoms with Crippen molar-refractivity contribution in [3.05, 3.63) is 42.5 Å². The van der Waals surface area contributed by atoms with Crippen LogP contribution in [-0.2, 0) is 0 Å². The predicted octanol–water partition coefficient (Wildman–Crippen LogP) is 2.71. The van der Waals surface area contributed by atoms with Crippen LogP contribution in [0.5, 0.6) is 5.75 Å². The highest BCUT2D eigenvalue weighted by atomic mass is 16.5. The first-order valence-corrected chi connectivity index (χ1v) is 6.50. The molecule has 0 aromatic heterocycles. The molecule has 3 heteroatoms. The summed E-state index contributed by atoms with van der Waals surface area (Å²) >= 11 is 0. The van der Waals surface area contributed by atoms with Gasteiger partial charge in [-0.05, 0) is 23.3 Å². The average Bonchev–Trinajstić information content (AvgIpc) is 2.42. The molecule has 1 aromatic rings. The van der Waals surface area contributed by atoms with Crippen LogP contribution >= 0.6 is 0 Å². The van der Waals surface area contributed by atoms with Gasteiger partial charge in [0.1, 0.15) is 18.5 Å². The topological polar surface area (TPSA) is 41.5 Å². The van der Waals surface area contributed by atoms with Crippen LogP contribution in [0.4, 0.5) is 0 Å². The first kappa shape index (κ1) is 15.5. The van der Waals surface area contributed by atoms with Crippen molar-refractivity contribution in [1.82, 2.24) is 5.32 Å². The first-order valence-electron chi connectivity index (χ1n) is 6.50. The van der Waals surface area contributed by atoms with E-state index >= 15 is 0 Å². The van der Waals surface area contributed by atoms with Crippen molar-refractivity contribution < 1.29 is 9.84 Å². The highest BCUT2D eigenvalue weighted by molar-refractivity contribution is 5.65. The second-order valence-electron chi connectivity index (χ2n) is 4.73. The molecule has 0 saturated carbocycles. The van der Waals surface area contributed by atoms with E-state index in [9.17, 15) is 5.11 Å². The van der Waals surface area contributed by atoms with E-state index in [1.807, 2.05) is 32.0 Å². The Kier molecular flexibility index (Phi) is 6.33. The molecule has 0 saturated heterocycles. The smallest absolute Gasteiger partial charge is 0.120 e. The zero-order valence-electron chi connectivity index (χ0n) is 11.7. The molecule has 0 aliphatic heterocycles. The van der Waals surface area contributed by atoms with Crippen LogP contribution in [0.15, 0.2) is 31.4 Å². The van der Waals surface area contributed by atoms with Gasteiger partial charge in [-0.2, -0.15) is 0 Å². The molecule has 19 heavy (non-hydrogen) atoms. The van der Waals surface area contributed by atoms with Gasteiger partial charge in [0.25, 0.3) is 0 Å². The first-order chi connectivity index (χ1) is 9.06. The van der Waals surface area contributed by atoms with E-state index < -0.39 is 6.10 Å². The van der Waals surface area contributed by atoms with E-state index in [1.54, 1.807) is 12.2 Å². The van der Waals surface area contributed by atoms with Gasteiger partial charge in [0, 0.05) is 12.6 Å². The Morgan fingerprint density at radius 2 is 1.95 bits per heavy atom. The SMILES string of the molecule is C=Cc1ccc(OCC(O)CNC(C)C)cc1C=C. The summed E-state index contributed by atoms with van der Waals surface area (Å²) in [5, 5.41) is 12.9. The monoisotopic (exact) mass is 261 g/mol. The van der Waals surface area contributed by atoms with Crippen LogP contribution in [0.3, 0.4) is 0 Å². The van der Waals surface area contributed by atoms with Gasteiger partial charge in [-0.3, -0.25) is 0 Å². The number of hydrogen-bond acceptors (Lipinski definition) is 3. The Bertz CT molecular complexity index is 427. The third-order valence-electron chi connectivity index (χ3n) is 2.70. The molecule has 0 radical (unpaired) electrons. The molecular formula is C16H23NO2. The molecular weight excluding hydrogens is 238 g/mol. The van der Waals surface area contributed by atoms with Gasteiger partial charge in [0.05, 0.1) is 0 Å². The maximum Gasteiger partial charge on any atom is 0.120 e. The Morgan fingerprint density at radius 3 is 2.53 bits per heavy atom. The molecule has 1 aromatic carbocycles. The van der Waals surface area contributed by atoms with Crippen LogP contribution in [0.1, 0.15) is 25.0 Å². The van der Waals surface area contributed by atoms with E-state index in [2.05, 4.69) is 18.5 Å². The molecule has 0 amide bonds. The summed E-state index contributed by atoms with van der Waals surface area (Å²) in [4.78, 5) is 0. The third-order valence-corrected chi connectivity index (χ3v) is 2.70. The second kappa shape index (κ2) is 7.77. The molecule has 1 rings (SSSR count). The minimum absolute atomic E-state index is 0.268. The van der Waals surface area contributed by atoms with E-state index in [4.69, 9.17) is 4.74 Å². The average molecular weight is 261 g/mol. The highest BCUT2D eigenvalue weighted by Gasteiger charge is 2.06. The molecule has 104 valence electrons. The maximum absolute atomic E-state index is 9.76. The maximum atomic E-state index is 9.76. The van der Waals surface area contributed by atoms with E-state index in [-0.39, 0.29) is 6.61 Å². The van der Waals surface area contributed by atoms with Gasteiger partial charge in [-0.25, -0.2) is 0 Å². The van der Waals surface area contributed by atoms with Crippen molar-refractivity contribution in [1.29, 1.82) is 0 Å². The van der Waals surface area contributed by atoms with Crippen LogP contribution < -0.4 is 10.1 Å². The number of hydrogen-bond donors (Lipinski definition) is 2. The fourth-order valence-corrected chi connectivity index (χ4v) is 1.63. The molecule has 0 fully saturated rings. The number of nitrogens with one attached hydrogen (secondary N) is 1. The molecule has 0 aliphatic rings. The fraction of sp³-hybridized carbons (Fsp3) is 0.375. The quantitative estimate of drug-likeness (QED) is 0.756. The fourth-order valence-electron chi connectivity index (χ4n) is 1.63.